The van der Waals surface area contributed by atoms with Crippen molar-refractivity contribution in [1.29, 1.82) is 0 Å². The van der Waals surface area contributed by atoms with E-state index in [1.54, 1.807) is 13.8 Å². The molecule has 0 radical (unpaired) electrons. The third-order valence-electron chi connectivity index (χ3n) is 3.18. The second-order valence-electron chi connectivity index (χ2n) is 4.77. The van der Waals surface area contributed by atoms with Crippen LogP contribution in [0, 0.1) is 0 Å². The molecule has 0 aliphatic rings. The molecule has 0 N–H and O–H groups in total. The normalized spacial score (nSPS) is 11.9. The smallest absolute Gasteiger partial charge is 0.334 e. The zero-order valence-corrected chi connectivity index (χ0v) is 12.4. The molecule has 0 unspecified atom stereocenters. The summed E-state index contributed by atoms with van der Waals surface area (Å²) in [5.74, 6) is -0.321. The van der Waals surface area contributed by atoms with E-state index < -0.39 is 6.10 Å². The molecule has 110 valence electrons. The zero-order chi connectivity index (χ0) is 15.1. The monoisotopic (exact) mass is 284 g/mol. The van der Waals surface area contributed by atoms with Crippen LogP contribution in [0.1, 0.15) is 19.4 Å². The summed E-state index contributed by atoms with van der Waals surface area (Å²) in [6.45, 7) is 4.26. The Morgan fingerprint density at radius 3 is 2.24 bits per heavy atom. The Morgan fingerprint density at radius 1 is 1.00 bits per heavy atom. The van der Waals surface area contributed by atoms with Gasteiger partial charge in [-0.25, -0.2) is 4.79 Å². The SMILES string of the molecule is CCOC(=O)[C@H](C)OCc1ccc(-c2ccccc2)cc1. The highest BCUT2D eigenvalue weighted by atomic mass is 16.6. The molecule has 1 atom stereocenters. The molecule has 2 aromatic carbocycles. The summed E-state index contributed by atoms with van der Waals surface area (Å²) in [7, 11) is 0. The minimum absolute atomic E-state index is 0.321. The zero-order valence-electron chi connectivity index (χ0n) is 12.4. The van der Waals surface area contributed by atoms with Crippen LogP contribution in [-0.4, -0.2) is 18.7 Å². The fraction of sp³-hybridized carbons (Fsp3) is 0.278. The fourth-order valence-corrected chi connectivity index (χ4v) is 1.97. The molecule has 0 aliphatic heterocycles. The molecular weight excluding hydrogens is 264 g/mol. The first-order valence-corrected chi connectivity index (χ1v) is 7.13. The summed E-state index contributed by atoms with van der Waals surface area (Å²) in [5, 5.41) is 0. The highest BCUT2D eigenvalue weighted by Gasteiger charge is 2.14. The summed E-state index contributed by atoms with van der Waals surface area (Å²) < 4.78 is 10.4. The van der Waals surface area contributed by atoms with Crippen LogP contribution in [0.4, 0.5) is 0 Å². The Kier molecular flexibility index (Phi) is 5.52. The highest BCUT2D eigenvalue weighted by molar-refractivity contribution is 5.74. The molecule has 21 heavy (non-hydrogen) atoms. The maximum absolute atomic E-state index is 11.5. The molecule has 0 heterocycles. The summed E-state index contributed by atoms with van der Waals surface area (Å²) in [6, 6.07) is 18.3. The van der Waals surface area contributed by atoms with Crippen molar-refractivity contribution in [2.75, 3.05) is 6.61 Å². The van der Waals surface area contributed by atoms with Crippen molar-refractivity contribution in [1.82, 2.24) is 0 Å². The molecule has 0 aromatic heterocycles. The molecule has 0 saturated heterocycles. The van der Waals surface area contributed by atoms with Gasteiger partial charge in [-0.3, -0.25) is 0 Å². The molecular formula is C18H20O3. The average Bonchev–Trinajstić information content (AvgIpc) is 2.54. The van der Waals surface area contributed by atoms with Gasteiger partial charge in [-0.05, 0) is 30.5 Å². The molecule has 2 rings (SSSR count). The maximum Gasteiger partial charge on any atom is 0.334 e. The molecule has 0 saturated carbocycles. The molecule has 0 aliphatic carbocycles. The summed E-state index contributed by atoms with van der Waals surface area (Å²) >= 11 is 0. The summed E-state index contributed by atoms with van der Waals surface area (Å²) in [6.07, 6.45) is -0.543. The first-order valence-electron chi connectivity index (χ1n) is 7.13. The number of benzene rings is 2. The van der Waals surface area contributed by atoms with Gasteiger partial charge in [0, 0.05) is 0 Å². The van der Waals surface area contributed by atoms with Gasteiger partial charge in [0.25, 0.3) is 0 Å². The topological polar surface area (TPSA) is 35.5 Å². The second kappa shape index (κ2) is 7.60. The lowest BCUT2D eigenvalue weighted by molar-refractivity contribution is -0.156. The predicted octanol–water partition coefficient (Wildman–Crippen LogP) is 3.82. The average molecular weight is 284 g/mol. The third-order valence-corrected chi connectivity index (χ3v) is 3.18. The number of hydrogen-bond donors (Lipinski definition) is 0. The number of hydrogen-bond acceptors (Lipinski definition) is 3. The Hall–Kier alpha value is -2.13. The molecule has 2 aromatic rings. The third kappa shape index (κ3) is 4.43. The van der Waals surface area contributed by atoms with E-state index in [4.69, 9.17) is 9.47 Å². The van der Waals surface area contributed by atoms with Gasteiger partial charge in [-0.2, -0.15) is 0 Å². The Morgan fingerprint density at radius 2 is 1.62 bits per heavy atom. The molecule has 0 spiro atoms. The minimum Gasteiger partial charge on any atom is -0.464 e. The van der Waals surface area contributed by atoms with E-state index in [-0.39, 0.29) is 5.97 Å². The van der Waals surface area contributed by atoms with Gasteiger partial charge in [0.15, 0.2) is 6.10 Å². The Labute approximate surface area is 125 Å². The van der Waals surface area contributed by atoms with Crippen molar-refractivity contribution >= 4 is 5.97 Å². The summed E-state index contributed by atoms with van der Waals surface area (Å²) in [4.78, 5) is 11.5. The van der Waals surface area contributed by atoms with Crippen molar-refractivity contribution in [3.05, 3.63) is 60.2 Å². The van der Waals surface area contributed by atoms with Gasteiger partial charge in [-0.1, -0.05) is 54.6 Å². The van der Waals surface area contributed by atoms with Crippen LogP contribution in [0.3, 0.4) is 0 Å². The van der Waals surface area contributed by atoms with Crippen LogP contribution in [0.25, 0.3) is 11.1 Å². The van der Waals surface area contributed by atoms with Gasteiger partial charge in [-0.15, -0.1) is 0 Å². The van der Waals surface area contributed by atoms with E-state index in [1.807, 2.05) is 30.3 Å². The minimum atomic E-state index is -0.543. The molecule has 3 heteroatoms. The van der Waals surface area contributed by atoms with E-state index >= 15 is 0 Å². The van der Waals surface area contributed by atoms with Crippen LogP contribution < -0.4 is 0 Å². The van der Waals surface area contributed by atoms with E-state index in [9.17, 15) is 4.79 Å². The van der Waals surface area contributed by atoms with Crippen molar-refractivity contribution in [2.45, 2.75) is 26.6 Å². The number of carbonyl (C=O) groups is 1. The first kappa shape index (κ1) is 15.3. The predicted molar refractivity (Wildman–Crippen MR) is 82.8 cm³/mol. The van der Waals surface area contributed by atoms with Crippen LogP contribution in [0.2, 0.25) is 0 Å². The highest BCUT2D eigenvalue weighted by Crippen LogP contribution is 2.19. The number of ether oxygens (including phenoxy) is 2. The lowest BCUT2D eigenvalue weighted by Crippen LogP contribution is -2.23. The maximum atomic E-state index is 11.5. The number of carbonyl (C=O) groups excluding carboxylic acids is 1. The van der Waals surface area contributed by atoms with Gasteiger partial charge in [0.2, 0.25) is 0 Å². The quantitative estimate of drug-likeness (QED) is 0.756. The fourth-order valence-electron chi connectivity index (χ4n) is 1.97. The molecule has 3 nitrogen and oxygen atoms in total. The largest absolute Gasteiger partial charge is 0.464 e. The Bertz CT molecular complexity index is 561. The van der Waals surface area contributed by atoms with E-state index in [2.05, 4.69) is 24.3 Å². The van der Waals surface area contributed by atoms with Crippen LogP contribution in [0.15, 0.2) is 54.6 Å². The lowest BCUT2D eigenvalue weighted by Gasteiger charge is -2.12. The van der Waals surface area contributed by atoms with Crippen molar-refractivity contribution in [2.24, 2.45) is 0 Å². The molecule has 0 amide bonds. The van der Waals surface area contributed by atoms with E-state index in [0.717, 1.165) is 11.1 Å². The molecule has 0 bridgehead atoms. The van der Waals surface area contributed by atoms with Crippen molar-refractivity contribution in [3.8, 4) is 11.1 Å². The van der Waals surface area contributed by atoms with Gasteiger partial charge < -0.3 is 9.47 Å². The van der Waals surface area contributed by atoms with Gasteiger partial charge in [0.1, 0.15) is 0 Å². The number of rotatable bonds is 6. The van der Waals surface area contributed by atoms with Crippen LogP contribution >= 0.6 is 0 Å². The second-order valence-corrected chi connectivity index (χ2v) is 4.77. The van der Waals surface area contributed by atoms with Crippen molar-refractivity contribution < 1.29 is 14.3 Å². The number of esters is 1. The van der Waals surface area contributed by atoms with Crippen LogP contribution in [-0.2, 0) is 20.9 Å². The molecule has 0 fully saturated rings. The standard InChI is InChI=1S/C18H20O3/c1-3-20-18(19)14(2)21-13-15-9-11-17(12-10-15)16-7-5-4-6-8-16/h4-12,14H,3,13H2,1-2H3/t14-/m0/s1. The van der Waals surface area contributed by atoms with E-state index in [0.29, 0.717) is 13.2 Å². The van der Waals surface area contributed by atoms with E-state index in [1.165, 1.54) is 5.56 Å². The van der Waals surface area contributed by atoms with Gasteiger partial charge >= 0.3 is 5.97 Å². The van der Waals surface area contributed by atoms with Crippen LogP contribution in [0.5, 0.6) is 0 Å². The van der Waals surface area contributed by atoms with Gasteiger partial charge in [0.05, 0.1) is 13.2 Å². The summed E-state index contributed by atoms with van der Waals surface area (Å²) in [5.41, 5.74) is 3.38. The lowest BCUT2D eigenvalue weighted by atomic mass is 10.0. The Balaban J connectivity index is 1.93. The van der Waals surface area contributed by atoms with Crippen molar-refractivity contribution in [3.63, 3.8) is 0 Å². The first-order chi connectivity index (χ1) is 10.2.